The third-order valence-corrected chi connectivity index (χ3v) is 5.84. The Morgan fingerprint density at radius 2 is 1.90 bits per heavy atom. The molecule has 1 saturated carbocycles. The van der Waals surface area contributed by atoms with Crippen LogP contribution in [0.1, 0.15) is 65.7 Å². The van der Waals surface area contributed by atoms with Gasteiger partial charge in [0.2, 0.25) is 0 Å². The van der Waals surface area contributed by atoms with Gasteiger partial charge in [0.1, 0.15) is 11.4 Å². The maximum atomic E-state index is 13.4. The Balaban J connectivity index is 1.86. The Morgan fingerprint density at radius 1 is 1.10 bits per heavy atom. The van der Waals surface area contributed by atoms with Gasteiger partial charge in [0.25, 0.3) is 5.91 Å². The molecule has 2 aromatic carbocycles. The number of fused-ring (bicyclic) bond motifs is 1. The van der Waals surface area contributed by atoms with Crippen LogP contribution in [0.4, 0.5) is 5.69 Å². The van der Waals surface area contributed by atoms with Crippen LogP contribution in [0.2, 0.25) is 0 Å². The predicted octanol–water partition coefficient (Wildman–Crippen LogP) is 6.33. The van der Waals surface area contributed by atoms with E-state index in [2.05, 4.69) is 32.2 Å². The van der Waals surface area contributed by atoms with Crippen LogP contribution in [0.5, 0.6) is 5.75 Å². The molecule has 0 bridgehead atoms. The summed E-state index contributed by atoms with van der Waals surface area (Å²) in [6.07, 6.45) is 6.82. The Morgan fingerprint density at radius 3 is 2.62 bits per heavy atom. The number of unbranched alkanes of at least 4 members (excludes halogenated alkanes) is 1. The Kier molecular flexibility index (Phi) is 7.54. The molecule has 0 heterocycles. The molecule has 2 atom stereocenters. The fraction of sp³-hybridized carbons (Fsp3) is 0.560. The van der Waals surface area contributed by atoms with E-state index in [1.54, 1.807) is 0 Å². The predicted molar refractivity (Wildman–Crippen MR) is 120 cm³/mol. The number of benzene rings is 2. The SMILES string of the molecule is CCCCOc1ccc(NC(=O)[C@@]2(OCCC)CCC[C@H](C)C2)c2ccccc12. The van der Waals surface area contributed by atoms with Gasteiger partial charge in [-0.1, -0.05) is 57.9 Å². The lowest BCUT2D eigenvalue weighted by Gasteiger charge is -2.38. The van der Waals surface area contributed by atoms with E-state index in [0.717, 1.165) is 67.2 Å². The number of rotatable bonds is 9. The van der Waals surface area contributed by atoms with E-state index in [9.17, 15) is 4.79 Å². The molecule has 1 aliphatic carbocycles. The average molecular weight is 398 g/mol. The molecule has 0 radical (unpaired) electrons. The minimum absolute atomic E-state index is 0.0118. The molecule has 0 spiro atoms. The lowest BCUT2D eigenvalue weighted by molar-refractivity contribution is -0.148. The number of nitrogens with one attached hydrogen (secondary N) is 1. The van der Waals surface area contributed by atoms with E-state index in [-0.39, 0.29) is 5.91 Å². The molecule has 1 fully saturated rings. The summed E-state index contributed by atoms with van der Waals surface area (Å²) in [4.78, 5) is 13.4. The molecule has 4 nitrogen and oxygen atoms in total. The molecule has 4 heteroatoms. The summed E-state index contributed by atoms with van der Waals surface area (Å²) in [6, 6.07) is 12.0. The summed E-state index contributed by atoms with van der Waals surface area (Å²) in [5, 5.41) is 5.23. The molecule has 158 valence electrons. The van der Waals surface area contributed by atoms with Crippen molar-refractivity contribution in [3.63, 3.8) is 0 Å². The van der Waals surface area contributed by atoms with Gasteiger partial charge in [0.15, 0.2) is 0 Å². The van der Waals surface area contributed by atoms with Crippen molar-refractivity contribution in [2.45, 2.75) is 71.3 Å². The Labute approximate surface area is 175 Å². The van der Waals surface area contributed by atoms with Crippen LogP contribution in [0.25, 0.3) is 10.8 Å². The van der Waals surface area contributed by atoms with E-state index in [1.807, 2.05) is 30.3 Å². The zero-order chi connectivity index (χ0) is 20.7. The Hall–Kier alpha value is -2.07. The van der Waals surface area contributed by atoms with Gasteiger partial charge >= 0.3 is 0 Å². The number of anilines is 1. The summed E-state index contributed by atoms with van der Waals surface area (Å²) in [5.74, 6) is 1.36. The molecule has 2 aromatic rings. The summed E-state index contributed by atoms with van der Waals surface area (Å²) in [6.45, 7) is 7.78. The van der Waals surface area contributed by atoms with Gasteiger partial charge in [-0.3, -0.25) is 4.79 Å². The van der Waals surface area contributed by atoms with Crippen LogP contribution >= 0.6 is 0 Å². The zero-order valence-electron chi connectivity index (χ0n) is 18.1. The quantitative estimate of drug-likeness (QED) is 0.503. The minimum Gasteiger partial charge on any atom is -0.493 e. The average Bonchev–Trinajstić information content (AvgIpc) is 2.74. The molecule has 0 unspecified atom stereocenters. The van der Waals surface area contributed by atoms with Crippen molar-refractivity contribution >= 4 is 22.4 Å². The second-order valence-corrected chi connectivity index (χ2v) is 8.36. The highest BCUT2D eigenvalue weighted by Crippen LogP contribution is 2.38. The summed E-state index contributed by atoms with van der Waals surface area (Å²) >= 11 is 0. The highest BCUT2D eigenvalue weighted by Gasteiger charge is 2.42. The number of hydrogen-bond acceptors (Lipinski definition) is 3. The van der Waals surface area contributed by atoms with Crippen molar-refractivity contribution in [2.75, 3.05) is 18.5 Å². The third kappa shape index (κ3) is 5.11. The first-order valence-electron chi connectivity index (χ1n) is 11.2. The molecule has 1 N–H and O–H groups in total. The lowest BCUT2D eigenvalue weighted by Crippen LogP contribution is -2.48. The standard InChI is InChI=1S/C25H35NO3/c1-4-6-17-28-23-14-13-22(20-11-7-8-12-21(20)23)26-24(27)25(29-16-5-2)15-9-10-19(3)18-25/h7-8,11-14,19H,4-6,9-10,15-18H2,1-3H3,(H,26,27)/t19-,25+/m0/s1. The van der Waals surface area contributed by atoms with Gasteiger partial charge in [0.05, 0.1) is 6.61 Å². The fourth-order valence-corrected chi connectivity index (χ4v) is 4.27. The lowest BCUT2D eigenvalue weighted by atomic mass is 9.78. The van der Waals surface area contributed by atoms with E-state index in [4.69, 9.17) is 9.47 Å². The van der Waals surface area contributed by atoms with Crippen molar-refractivity contribution in [1.82, 2.24) is 0 Å². The van der Waals surface area contributed by atoms with Crippen molar-refractivity contribution < 1.29 is 14.3 Å². The van der Waals surface area contributed by atoms with Gasteiger partial charge < -0.3 is 14.8 Å². The first-order valence-corrected chi connectivity index (χ1v) is 11.2. The minimum atomic E-state index is -0.717. The van der Waals surface area contributed by atoms with Crippen molar-refractivity contribution in [2.24, 2.45) is 5.92 Å². The number of carbonyl (C=O) groups excluding carboxylic acids is 1. The van der Waals surface area contributed by atoms with Crippen LogP contribution in [0.3, 0.4) is 0 Å². The van der Waals surface area contributed by atoms with Gasteiger partial charge in [-0.05, 0) is 50.2 Å². The smallest absolute Gasteiger partial charge is 0.256 e. The maximum absolute atomic E-state index is 13.4. The molecule has 1 aliphatic rings. The highest BCUT2D eigenvalue weighted by atomic mass is 16.5. The van der Waals surface area contributed by atoms with Gasteiger partial charge in [0, 0.05) is 23.1 Å². The molecule has 3 rings (SSSR count). The van der Waals surface area contributed by atoms with E-state index >= 15 is 0 Å². The fourth-order valence-electron chi connectivity index (χ4n) is 4.27. The van der Waals surface area contributed by atoms with E-state index in [1.165, 1.54) is 0 Å². The second-order valence-electron chi connectivity index (χ2n) is 8.36. The van der Waals surface area contributed by atoms with Crippen LogP contribution in [0.15, 0.2) is 36.4 Å². The van der Waals surface area contributed by atoms with Gasteiger partial charge in [-0.15, -0.1) is 0 Å². The number of amides is 1. The van der Waals surface area contributed by atoms with Crippen LogP contribution < -0.4 is 10.1 Å². The van der Waals surface area contributed by atoms with Crippen molar-refractivity contribution in [3.8, 4) is 5.75 Å². The molecule has 0 saturated heterocycles. The molecule has 1 amide bonds. The first-order chi connectivity index (χ1) is 14.1. The largest absolute Gasteiger partial charge is 0.493 e. The van der Waals surface area contributed by atoms with Gasteiger partial charge in [-0.25, -0.2) is 0 Å². The van der Waals surface area contributed by atoms with E-state index in [0.29, 0.717) is 19.1 Å². The molecule has 0 aromatic heterocycles. The van der Waals surface area contributed by atoms with Gasteiger partial charge in [-0.2, -0.15) is 0 Å². The maximum Gasteiger partial charge on any atom is 0.256 e. The van der Waals surface area contributed by atoms with Crippen molar-refractivity contribution in [3.05, 3.63) is 36.4 Å². The van der Waals surface area contributed by atoms with Crippen LogP contribution in [-0.4, -0.2) is 24.7 Å². The summed E-state index contributed by atoms with van der Waals surface area (Å²) in [5.41, 5.74) is 0.108. The highest BCUT2D eigenvalue weighted by molar-refractivity contribution is 6.06. The second kappa shape index (κ2) is 10.1. The molecule has 29 heavy (non-hydrogen) atoms. The summed E-state index contributed by atoms with van der Waals surface area (Å²) < 4.78 is 12.2. The zero-order valence-corrected chi connectivity index (χ0v) is 18.1. The van der Waals surface area contributed by atoms with Crippen molar-refractivity contribution in [1.29, 1.82) is 0 Å². The normalized spacial score (nSPS) is 21.8. The number of carbonyl (C=O) groups is 1. The molecular weight excluding hydrogens is 362 g/mol. The topological polar surface area (TPSA) is 47.6 Å². The third-order valence-electron chi connectivity index (χ3n) is 5.84. The van der Waals surface area contributed by atoms with Crippen LogP contribution in [0, 0.1) is 5.92 Å². The van der Waals surface area contributed by atoms with Crippen LogP contribution in [-0.2, 0) is 9.53 Å². The molecular formula is C25H35NO3. The Bertz CT molecular complexity index is 819. The van der Waals surface area contributed by atoms with E-state index < -0.39 is 5.60 Å². The number of hydrogen-bond donors (Lipinski definition) is 1. The molecule has 0 aliphatic heterocycles. The first kappa shape index (κ1) is 21.6. The number of ether oxygens (including phenoxy) is 2. The monoisotopic (exact) mass is 397 g/mol. The summed E-state index contributed by atoms with van der Waals surface area (Å²) in [7, 11) is 0.